The number of benzene rings is 2. The molecule has 8 nitrogen and oxygen atoms in total. The van der Waals surface area contributed by atoms with Crippen molar-refractivity contribution in [3.05, 3.63) is 95.9 Å². The number of aryl methyl sites for hydroxylation is 1. The van der Waals surface area contributed by atoms with E-state index in [4.69, 9.17) is 10.8 Å². The molecule has 4 rings (SSSR count). The number of amides is 2. The number of primary amides is 1. The number of phenols is 1. The van der Waals surface area contributed by atoms with E-state index in [2.05, 4.69) is 43.2 Å². The molecular formula is C30H33N5O3. The average molecular weight is 512 g/mol. The van der Waals surface area contributed by atoms with Gasteiger partial charge in [0.05, 0.1) is 11.4 Å². The molecule has 0 unspecified atom stereocenters. The molecule has 38 heavy (non-hydrogen) atoms. The largest absolute Gasteiger partial charge is 0.508 e. The number of nitrogens with two attached hydrogens (primary N) is 1. The molecule has 2 aromatic carbocycles. The number of carbonyl (C=O) groups excluding carboxylic acids is 2. The van der Waals surface area contributed by atoms with Gasteiger partial charge in [-0.3, -0.25) is 14.6 Å². The van der Waals surface area contributed by atoms with Crippen LogP contribution in [0.1, 0.15) is 44.0 Å². The van der Waals surface area contributed by atoms with Gasteiger partial charge in [0.2, 0.25) is 11.8 Å². The Morgan fingerprint density at radius 1 is 1.05 bits per heavy atom. The van der Waals surface area contributed by atoms with Crippen molar-refractivity contribution in [1.82, 2.24) is 20.1 Å². The third-order valence-corrected chi connectivity index (χ3v) is 6.38. The van der Waals surface area contributed by atoms with Crippen LogP contribution in [0.4, 0.5) is 0 Å². The minimum Gasteiger partial charge on any atom is -0.508 e. The molecule has 0 aliphatic heterocycles. The summed E-state index contributed by atoms with van der Waals surface area (Å²) in [4.78, 5) is 29.1. The molecule has 4 aromatic rings. The first-order valence-corrected chi connectivity index (χ1v) is 12.6. The average Bonchev–Trinajstić information content (AvgIpc) is 3.33. The number of carbonyl (C=O) groups is 2. The van der Waals surface area contributed by atoms with Gasteiger partial charge in [-0.1, -0.05) is 45.0 Å². The first-order valence-electron chi connectivity index (χ1n) is 12.6. The topological polar surface area (TPSA) is 123 Å². The lowest BCUT2D eigenvalue weighted by Crippen LogP contribution is -2.45. The predicted octanol–water partition coefficient (Wildman–Crippen LogP) is 4.08. The molecule has 0 saturated carbocycles. The van der Waals surface area contributed by atoms with E-state index >= 15 is 0 Å². The Balaban J connectivity index is 1.52. The number of rotatable bonds is 9. The standard InChI is InChI=1S/C30H33N5O3/c1-30(2,3)22-8-10-23(11-9-22)35-24(18-26(34-35)21-5-4-16-32-19-21)12-15-28(37)33-27(29(31)38)17-20-6-13-25(36)14-7-20/h4-11,13-14,16,18-19,27,36H,12,15,17H2,1-3H3,(H2,31,38)(H,33,37)/t27-/m0/s1. The number of phenolic OH excluding ortho intramolecular Hbond substituents is 1. The fraction of sp³-hybridized carbons (Fsp3) is 0.267. The highest BCUT2D eigenvalue weighted by Crippen LogP contribution is 2.26. The molecule has 0 aliphatic rings. The fourth-order valence-corrected chi connectivity index (χ4v) is 4.18. The van der Waals surface area contributed by atoms with Crippen LogP contribution in [0.15, 0.2) is 79.1 Å². The SMILES string of the molecule is CC(C)(C)c1ccc(-n2nc(-c3cccnc3)cc2CCC(=O)N[C@@H](Cc2ccc(O)cc2)C(N)=O)cc1. The van der Waals surface area contributed by atoms with Gasteiger partial charge in [-0.15, -0.1) is 0 Å². The maximum Gasteiger partial charge on any atom is 0.240 e. The fourth-order valence-electron chi connectivity index (χ4n) is 4.18. The van der Waals surface area contributed by atoms with E-state index in [0.29, 0.717) is 6.42 Å². The summed E-state index contributed by atoms with van der Waals surface area (Å²) in [6.45, 7) is 6.50. The number of aromatic nitrogens is 3. The van der Waals surface area contributed by atoms with Crippen molar-refractivity contribution < 1.29 is 14.7 Å². The second kappa shape index (κ2) is 11.3. The van der Waals surface area contributed by atoms with Crippen molar-refractivity contribution >= 4 is 11.8 Å². The maximum atomic E-state index is 12.9. The lowest BCUT2D eigenvalue weighted by atomic mass is 9.87. The highest BCUT2D eigenvalue weighted by atomic mass is 16.3. The normalized spacial score (nSPS) is 12.2. The van der Waals surface area contributed by atoms with Crippen LogP contribution in [0, 0.1) is 0 Å². The van der Waals surface area contributed by atoms with Crippen molar-refractivity contribution in [2.24, 2.45) is 5.73 Å². The molecule has 0 aliphatic carbocycles. The number of nitrogens with one attached hydrogen (secondary N) is 1. The monoisotopic (exact) mass is 511 g/mol. The van der Waals surface area contributed by atoms with Crippen molar-refractivity contribution in [2.45, 2.75) is 51.5 Å². The van der Waals surface area contributed by atoms with E-state index in [0.717, 1.165) is 28.2 Å². The Hall–Kier alpha value is -4.46. The van der Waals surface area contributed by atoms with Crippen molar-refractivity contribution in [3.8, 4) is 22.7 Å². The van der Waals surface area contributed by atoms with Crippen LogP contribution in [0.2, 0.25) is 0 Å². The molecule has 0 spiro atoms. The minimum absolute atomic E-state index is 0.0293. The van der Waals surface area contributed by atoms with E-state index in [9.17, 15) is 14.7 Å². The zero-order valence-corrected chi connectivity index (χ0v) is 21.9. The first kappa shape index (κ1) is 26.6. The van der Waals surface area contributed by atoms with Crippen LogP contribution in [0.3, 0.4) is 0 Å². The van der Waals surface area contributed by atoms with Gasteiger partial charge in [0.15, 0.2) is 0 Å². The quantitative estimate of drug-likeness (QED) is 0.312. The Labute approximate surface area is 222 Å². The third-order valence-electron chi connectivity index (χ3n) is 6.38. The zero-order chi connectivity index (χ0) is 27.3. The summed E-state index contributed by atoms with van der Waals surface area (Å²) >= 11 is 0. The van der Waals surface area contributed by atoms with Crippen LogP contribution >= 0.6 is 0 Å². The summed E-state index contributed by atoms with van der Waals surface area (Å²) in [7, 11) is 0. The lowest BCUT2D eigenvalue weighted by Gasteiger charge is -2.19. The second-order valence-electron chi connectivity index (χ2n) is 10.4. The highest BCUT2D eigenvalue weighted by Gasteiger charge is 2.20. The van der Waals surface area contributed by atoms with Crippen molar-refractivity contribution in [3.63, 3.8) is 0 Å². The van der Waals surface area contributed by atoms with Crippen LogP contribution < -0.4 is 11.1 Å². The van der Waals surface area contributed by atoms with Crippen LogP contribution in [0.25, 0.3) is 16.9 Å². The van der Waals surface area contributed by atoms with Crippen LogP contribution in [0.5, 0.6) is 5.75 Å². The molecule has 0 fully saturated rings. The van der Waals surface area contributed by atoms with E-state index in [1.165, 1.54) is 17.7 Å². The molecule has 196 valence electrons. The molecule has 2 amide bonds. The van der Waals surface area contributed by atoms with Gasteiger partial charge >= 0.3 is 0 Å². The van der Waals surface area contributed by atoms with Gasteiger partial charge in [-0.25, -0.2) is 4.68 Å². The summed E-state index contributed by atoms with van der Waals surface area (Å²) < 4.78 is 1.85. The zero-order valence-electron chi connectivity index (χ0n) is 21.9. The smallest absolute Gasteiger partial charge is 0.240 e. The highest BCUT2D eigenvalue weighted by molar-refractivity contribution is 5.86. The van der Waals surface area contributed by atoms with Gasteiger partial charge in [0.1, 0.15) is 11.8 Å². The Morgan fingerprint density at radius 3 is 2.37 bits per heavy atom. The van der Waals surface area contributed by atoms with E-state index < -0.39 is 11.9 Å². The van der Waals surface area contributed by atoms with Crippen LogP contribution in [-0.4, -0.2) is 37.7 Å². The van der Waals surface area contributed by atoms with E-state index in [1.807, 2.05) is 35.0 Å². The number of nitrogens with zero attached hydrogens (tertiary/aromatic N) is 3. The van der Waals surface area contributed by atoms with Gasteiger partial charge in [-0.2, -0.15) is 5.10 Å². The molecule has 0 radical (unpaired) electrons. The van der Waals surface area contributed by atoms with Gasteiger partial charge < -0.3 is 16.2 Å². The summed E-state index contributed by atoms with van der Waals surface area (Å²) in [5.41, 5.74) is 11.0. The van der Waals surface area contributed by atoms with Crippen LogP contribution in [-0.2, 0) is 27.8 Å². The molecule has 0 saturated heterocycles. The summed E-state index contributed by atoms with van der Waals surface area (Å²) in [6, 6.07) is 19.6. The molecule has 0 bridgehead atoms. The molecular weight excluding hydrogens is 478 g/mol. The van der Waals surface area contributed by atoms with Gasteiger partial charge in [-0.05, 0) is 65.4 Å². The number of pyridine rings is 1. The third kappa shape index (κ3) is 6.64. The Morgan fingerprint density at radius 2 is 1.76 bits per heavy atom. The molecule has 1 atom stereocenters. The van der Waals surface area contributed by atoms with E-state index in [-0.39, 0.29) is 29.9 Å². The number of hydrogen-bond donors (Lipinski definition) is 3. The molecule has 8 heteroatoms. The first-order chi connectivity index (χ1) is 18.1. The Bertz CT molecular complexity index is 1390. The molecule has 4 N–H and O–H groups in total. The summed E-state index contributed by atoms with van der Waals surface area (Å²) in [6.07, 6.45) is 4.27. The minimum atomic E-state index is -0.854. The van der Waals surface area contributed by atoms with Crippen molar-refractivity contribution in [2.75, 3.05) is 0 Å². The predicted molar refractivity (Wildman–Crippen MR) is 147 cm³/mol. The summed E-state index contributed by atoms with van der Waals surface area (Å²) in [5, 5.41) is 17.1. The second-order valence-corrected chi connectivity index (χ2v) is 10.4. The lowest BCUT2D eigenvalue weighted by molar-refractivity contribution is -0.127. The van der Waals surface area contributed by atoms with Gasteiger partial charge in [0, 0.05) is 36.5 Å². The maximum absolute atomic E-state index is 12.9. The van der Waals surface area contributed by atoms with E-state index in [1.54, 1.807) is 24.5 Å². The molecule has 2 heterocycles. The number of hydrogen-bond acceptors (Lipinski definition) is 5. The van der Waals surface area contributed by atoms with Gasteiger partial charge in [0.25, 0.3) is 0 Å². The number of aromatic hydroxyl groups is 1. The molecule has 2 aromatic heterocycles. The van der Waals surface area contributed by atoms with Crippen molar-refractivity contribution in [1.29, 1.82) is 0 Å². The summed E-state index contributed by atoms with van der Waals surface area (Å²) in [5.74, 6) is -0.774. The Kier molecular flexibility index (Phi) is 7.90.